The summed E-state index contributed by atoms with van der Waals surface area (Å²) in [5, 5.41) is 0.570. The third-order valence-corrected chi connectivity index (χ3v) is 6.45. The molecule has 0 aliphatic heterocycles. The molecule has 0 N–H and O–H groups in total. The first-order valence-corrected chi connectivity index (χ1v) is 12.4. The van der Waals surface area contributed by atoms with Gasteiger partial charge in [0.15, 0.2) is 0 Å². The molecule has 0 fully saturated rings. The van der Waals surface area contributed by atoms with Crippen molar-refractivity contribution >= 4 is 16.8 Å². The minimum absolute atomic E-state index is 0.0769. The summed E-state index contributed by atoms with van der Waals surface area (Å²) in [6, 6.07) is 25.0. The summed E-state index contributed by atoms with van der Waals surface area (Å²) in [6.45, 7) is 6.74. The zero-order valence-electron chi connectivity index (χ0n) is 20.8. The Hall–Kier alpha value is -3.73. The van der Waals surface area contributed by atoms with Gasteiger partial charge < -0.3 is 4.90 Å². The lowest BCUT2D eigenvalue weighted by molar-refractivity contribution is -0.133. The van der Waals surface area contributed by atoms with Crippen LogP contribution in [0.15, 0.2) is 83.7 Å². The monoisotopic (exact) mass is 467 g/mol. The van der Waals surface area contributed by atoms with E-state index in [9.17, 15) is 9.59 Å². The van der Waals surface area contributed by atoms with E-state index in [4.69, 9.17) is 4.98 Å². The zero-order valence-corrected chi connectivity index (χ0v) is 20.8. The smallest absolute Gasteiger partial charge is 0.266 e. The molecule has 4 aromatic rings. The number of hydrogen-bond donors (Lipinski definition) is 0. The highest BCUT2D eigenvalue weighted by atomic mass is 16.2. The van der Waals surface area contributed by atoms with Crippen molar-refractivity contribution < 1.29 is 4.79 Å². The number of hydrogen-bond acceptors (Lipinski definition) is 3. The first-order chi connectivity index (χ1) is 17.0. The highest BCUT2D eigenvalue weighted by Crippen LogP contribution is 2.24. The SMILES string of the molecule is CCCCN(C(=O)CCc1ccccc1)C(C)c1nc2ccccc2c(=O)n1-c1cccc(C)c1. The van der Waals surface area contributed by atoms with Crippen molar-refractivity contribution in [1.29, 1.82) is 0 Å². The first kappa shape index (κ1) is 24.4. The van der Waals surface area contributed by atoms with Gasteiger partial charge in [0, 0.05) is 13.0 Å². The molecule has 0 aliphatic carbocycles. The number of benzene rings is 3. The number of nitrogens with zero attached hydrogens (tertiary/aromatic N) is 3. The van der Waals surface area contributed by atoms with Crippen molar-refractivity contribution in [3.63, 3.8) is 0 Å². The van der Waals surface area contributed by atoms with E-state index in [2.05, 4.69) is 6.92 Å². The molecular weight excluding hydrogens is 434 g/mol. The normalized spacial score (nSPS) is 12.0. The van der Waals surface area contributed by atoms with Crippen molar-refractivity contribution in [3.05, 3.63) is 106 Å². The summed E-state index contributed by atoms with van der Waals surface area (Å²) >= 11 is 0. The number of unbranched alkanes of at least 4 members (excludes halogenated alkanes) is 1. The third-order valence-electron chi connectivity index (χ3n) is 6.45. The van der Waals surface area contributed by atoms with Gasteiger partial charge in [-0.25, -0.2) is 4.98 Å². The Labute approximate surface area is 207 Å². The molecule has 1 amide bonds. The van der Waals surface area contributed by atoms with Gasteiger partial charge in [0.05, 0.1) is 22.6 Å². The molecule has 4 rings (SSSR count). The van der Waals surface area contributed by atoms with Gasteiger partial charge in [0.1, 0.15) is 5.82 Å². The number of para-hydroxylation sites is 1. The molecule has 1 unspecified atom stereocenters. The molecule has 1 atom stereocenters. The second-order valence-corrected chi connectivity index (χ2v) is 9.07. The highest BCUT2D eigenvalue weighted by molar-refractivity contribution is 5.79. The number of aromatic nitrogens is 2. The fourth-order valence-electron chi connectivity index (χ4n) is 4.49. The molecule has 0 saturated carbocycles. The van der Waals surface area contributed by atoms with Crippen LogP contribution in [-0.2, 0) is 11.2 Å². The third kappa shape index (κ3) is 5.51. The van der Waals surface area contributed by atoms with Crippen LogP contribution in [0.4, 0.5) is 0 Å². The van der Waals surface area contributed by atoms with Crippen molar-refractivity contribution in [2.75, 3.05) is 6.54 Å². The molecule has 0 saturated heterocycles. The topological polar surface area (TPSA) is 55.2 Å². The maximum atomic E-state index is 13.7. The van der Waals surface area contributed by atoms with Gasteiger partial charge in [-0.1, -0.05) is 67.9 Å². The molecule has 1 heterocycles. The van der Waals surface area contributed by atoms with Gasteiger partial charge in [-0.15, -0.1) is 0 Å². The Balaban J connectivity index is 1.77. The maximum Gasteiger partial charge on any atom is 0.266 e. The van der Waals surface area contributed by atoms with Crippen LogP contribution in [0.1, 0.15) is 56.1 Å². The molecule has 0 aliphatic rings. The minimum Gasteiger partial charge on any atom is -0.333 e. The predicted molar refractivity (Wildman–Crippen MR) is 142 cm³/mol. The number of carbonyl (C=O) groups is 1. The number of amides is 1. The average molecular weight is 468 g/mol. The summed E-state index contributed by atoms with van der Waals surface area (Å²) in [5.41, 5.74) is 3.50. The Morgan fingerprint density at radius 3 is 2.49 bits per heavy atom. The number of fused-ring (bicyclic) bond motifs is 1. The lowest BCUT2D eigenvalue weighted by Crippen LogP contribution is -2.38. The molecule has 180 valence electrons. The van der Waals surface area contributed by atoms with Gasteiger partial charge in [-0.3, -0.25) is 14.2 Å². The summed E-state index contributed by atoms with van der Waals surface area (Å²) in [7, 11) is 0. The zero-order chi connectivity index (χ0) is 24.8. The van der Waals surface area contributed by atoms with Crippen LogP contribution in [0.25, 0.3) is 16.6 Å². The Morgan fingerprint density at radius 2 is 1.74 bits per heavy atom. The lowest BCUT2D eigenvalue weighted by Gasteiger charge is -2.31. The molecule has 35 heavy (non-hydrogen) atoms. The van der Waals surface area contributed by atoms with E-state index in [1.165, 1.54) is 0 Å². The second-order valence-electron chi connectivity index (χ2n) is 9.07. The fraction of sp³-hybridized carbons (Fsp3) is 0.300. The Kier molecular flexibility index (Phi) is 7.76. The van der Waals surface area contributed by atoms with E-state index in [1.54, 1.807) is 4.57 Å². The number of aryl methyl sites for hydroxylation is 2. The van der Waals surface area contributed by atoms with Crippen molar-refractivity contribution in [3.8, 4) is 5.69 Å². The Bertz CT molecular complexity index is 1360. The summed E-state index contributed by atoms with van der Waals surface area (Å²) < 4.78 is 1.68. The van der Waals surface area contributed by atoms with Crippen LogP contribution in [-0.4, -0.2) is 26.9 Å². The van der Waals surface area contributed by atoms with E-state index in [-0.39, 0.29) is 17.5 Å². The quantitative estimate of drug-likeness (QED) is 0.303. The Morgan fingerprint density at radius 1 is 1.00 bits per heavy atom. The summed E-state index contributed by atoms with van der Waals surface area (Å²) in [5.74, 6) is 0.663. The lowest BCUT2D eigenvalue weighted by atomic mass is 10.1. The van der Waals surface area contributed by atoms with E-state index >= 15 is 0 Å². The molecule has 0 radical (unpaired) electrons. The van der Waals surface area contributed by atoms with Crippen LogP contribution in [0.5, 0.6) is 0 Å². The van der Waals surface area contributed by atoms with Crippen LogP contribution < -0.4 is 5.56 Å². The van der Waals surface area contributed by atoms with Gasteiger partial charge in [-0.05, 0) is 62.1 Å². The van der Waals surface area contributed by atoms with Crippen LogP contribution >= 0.6 is 0 Å². The predicted octanol–water partition coefficient (Wildman–Crippen LogP) is 6.02. The fourth-order valence-corrected chi connectivity index (χ4v) is 4.49. The van der Waals surface area contributed by atoms with E-state index < -0.39 is 0 Å². The van der Waals surface area contributed by atoms with Crippen molar-refractivity contribution in [1.82, 2.24) is 14.5 Å². The number of rotatable bonds is 9. The molecule has 5 heteroatoms. The summed E-state index contributed by atoms with van der Waals surface area (Å²) in [4.78, 5) is 34.0. The second kappa shape index (κ2) is 11.1. The minimum atomic E-state index is -0.359. The van der Waals surface area contributed by atoms with E-state index in [0.29, 0.717) is 36.1 Å². The average Bonchev–Trinajstić information content (AvgIpc) is 2.88. The van der Waals surface area contributed by atoms with Gasteiger partial charge >= 0.3 is 0 Å². The molecule has 3 aromatic carbocycles. The molecule has 1 aromatic heterocycles. The maximum absolute atomic E-state index is 13.7. The highest BCUT2D eigenvalue weighted by Gasteiger charge is 2.26. The molecule has 5 nitrogen and oxygen atoms in total. The van der Waals surface area contributed by atoms with Gasteiger partial charge in [0.25, 0.3) is 5.56 Å². The van der Waals surface area contributed by atoms with Crippen LogP contribution in [0.3, 0.4) is 0 Å². The van der Waals surface area contributed by atoms with Gasteiger partial charge in [0.2, 0.25) is 5.91 Å². The van der Waals surface area contributed by atoms with Crippen LogP contribution in [0.2, 0.25) is 0 Å². The summed E-state index contributed by atoms with van der Waals surface area (Å²) in [6.07, 6.45) is 2.97. The first-order valence-electron chi connectivity index (χ1n) is 12.4. The number of carbonyl (C=O) groups excluding carboxylic acids is 1. The molecule has 0 spiro atoms. The molecular formula is C30H33N3O2. The van der Waals surface area contributed by atoms with Crippen molar-refractivity contribution in [2.45, 2.75) is 52.5 Å². The van der Waals surface area contributed by atoms with Crippen molar-refractivity contribution in [2.24, 2.45) is 0 Å². The molecule has 0 bridgehead atoms. The largest absolute Gasteiger partial charge is 0.333 e. The van der Waals surface area contributed by atoms with Gasteiger partial charge in [-0.2, -0.15) is 0 Å². The van der Waals surface area contributed by atoms with E-state index in [1.807, 2.05) is 97.6 Å². The standard InChI is InChI=1S/C30H33N3O2/c1-4-5-20-32(28(34)19-18-24-13-7-6-8-14-24)23(3)29-31-27-17-10-9-16-26(27)30(35)33(29)25-15-11-12-22(2)21-25/h6-17,21,23H,4-5,18-20H2,1-3H3. The van der Waals surface area contributed by atoms with Crippen LogP contribution in [0, 0.1) is 6.92 Å². The van der Waals surface area contributed by atoms with E-state index in [0.717, 1.165) is 29.7 Å².